The van der Waals surface area contributed by atoms with Crippen molar-refractivity contribution in [1.82, 2.24) is 9.80 Å². The van der Waals surface area contributed by atoms with E-state index >= 15 is 0 Å². The smallest absolute Gasteiger partial charge is 0.0741 e. The molecule has 1 fully saturated rings. The van der Waals surface area contributed by atoms with E-state index in [2.05, 4.69) is 23.9 Å². The molecule has 1 unspecified atom stereocenters. The molecule has 1 rings (SSSR count). The van der Waals surface area contributed by atoms with Crippen LogP contribution in [0.5, 0.6) is 0 Å². The van der Waals surface area contributed by atoms with Crippen LogP contribution >= 0.6 is 0 Å². The van der Waals surface area contributed by atoms with Gasteiger partial charge < -0.3 is 20.6 Å². The standard InChI is InChI=1S/C14H31N3O/c1-14(18,12-15)8-4-5-9-17(3)13-6-10-16(2)11-7-13/h13,18H,4-12,15H2,1-3H3. The molecule has 0 radical (unpaired) electrons. The van der Waals surface area contributed by atoms with Crippen LogP contribution in [0, 0.1) is 0 Å². The van der Waals surface area contributed by atoms with E-state index in [-0.39, 0.29) is 0 Å². The number of hydrogen-bond acceptors (Lipinski definition) is 4. The van der Waals surface area contributed by atoms with Gasteiger partial charge in [-0.05, 0) is 72.8 Å². The van der Waals surface area contributed by atoms with Gasteiger partial charge in [0.1, 0.15) is 0 Å². The summed E-state index contributed by atoms with van der Waals surface area (Å²) < 4.78 is 0. The summed E-state index contributed by atoms with van der Waals surface area (Å²) in [7, 11) is 4.43. The van der Waals surface area contributed by atoms with Crippen molar-refractivity contribution < 1.29 is 5.11 Å². The molecular weight excluding hydrogens is 226 g/mol. The number of rotatable bonds is 7. The Kier molecular flexibility index (Phi) is 6.57. The zero-order valence-corrected chi connectivity index (χ0v) is 12.4. The Hall–Kier alpha value is -0.160. The van der Waals surface area contributed by atoms with E-state index in [1.165, 1.54) is 25.9 Å². The summed E-state index contributed by atoms with van der Waals surface area (Å²) >= 11 is 0. The van der Waals surface area contributed by atoms with Gasteiger partial charge in [0, 0.05) is 12.6 Å². The Morgan fingerprint density at radius 3 is 2.50 bits per heavy atom. The first kappa shape index (κ1) is 15.9. The van der Waals surface area contributed by atoms with Crippen molar-refractivity contribution in [2.75, 3.05) is 40.3 Å². The molecule has 4 heteroatoms. The fourth-order valence-electron chi connectivity index (χ4n) is 2.59. The Labute approximate surface area is 112 Å². The monoisotopic (exact) mass is 257 g/mol. The molecule has 0 saturated carbocycles. The Bertz CT molecular complexity index is 225. The molecule has 1 heterocycles. The van der Waals surface area contributed by atoms with E-state index in [4.69, 9.17) is 5.73 Å². The molecule has 0 aliphatic carbocycles. The fraction of sp³-hybridized carbons (Fsp3) is 1.00. The molecule has 1 aliphatic heterocycles. The van der Waals surface area contributed by atoms with Crippen LogP contribution in [0.1, 0.15) is 39.0 Å². The van der Waals surface area contributed by atoms with Gasteiger partial charge in [-0.1, -0.05) is 0 Å². The van der Waals surface area contributed by atoms with Crippen LogP contribution < -0.4 is 5.73 Å². The van der Waals surface area contributed by atoms with Crippen LogP contribution in [0.25, 0.3) is 0 Å². The molecule has 1 saturated heterocycles. The largest absolute Gasteiger partial charge is 0.389 e. The summed E-state index contributed by atoms with van der Waals surface area (Å²) in [4.78, 5) is 4.90. The molecule has 0 aromatic rings. The summed E-state index contributed by atoms with van der Waals surface area (Å²) in [6.45, 7) is 5.76. The second kappa shape index (κ2) is 7.43. The minimum Gasteiger partial charge on any atom is -0.389 e. The molecule has 18 heavy (non-hydrogen) atoms. The molecule has 3 N–H and O–H groups in total. The first-order chi connectivity index (χ1) is 8.44. The van der Waals surface area contributed by atoms with Crippen LogP contribution in [-0.2, 0) is 0 Å². The van der Waals surface area contributed by atoms with E-state index in [1.807, 2.05) is 6.92 Å². The van der Waals surface area contributed by atoms with Crippen molar-refractivity contribution in [3.05, 3.63) is 0 Å². The van der Waals surface area contributed by atoms with E-state index in [0.29, 0.717) is 6.54 Å². The third-order valence-corrected chi connectivity index (χ3v) is 4.23. The summed E-state index contributed by atoms with van der Waals surface area (Å²) in [6.07, 6.45) is 5.59. The van der Waals surface area contributed by atoms with Crippen molar-refractivity contribution >= 4 is 0 Å². The number of unbranched alkanes of at least 4 members (excludes halogenated alkanes) is 1. The van der Waals surface area contributed by atoms with Gasteiger partial charge in [-0.15, -0.1) is 0 Å². The van der Waals surface area contributed by atoms with Gasteiger partial charge in [0.15, 0.2) is 0 Å². The maximum absolute atomic E-state index is 9.82. The fourth-order valence-corrected chi connectivity index (χ4v) is 2.59. The summed E-state index contributed by atoms with van der Waals surface area (Å²) in [6, 6.07) is 0.746. The highest BCUT2D eigenvalue weighted by Gasteiger charge is 2.21. The number of piperidine rings is 1. The van der Waals surface area contributed by atoms with Crippen molar-refractivity contribution in [2.45, 2.75) is 50.7 Å². The van der Waals surface area contributed by atoms with Crippen LogP contribution in [-0.4, -0.2) is 66.8 Å². The van der Waals surface area contributed by atoms with Gasteiger partial charge in [-0.3, -0.25) is 0 Å². The zero-order valence-electron chi connectivity index (χ0n) is 12.4. The average Bonchev–Trinajstić information content (AvgIpc) is 2.35. The molecule has 0 aromatic heterocycles. The lowest BCUT2D eigenvalue weighted by Crippen LogP contribution is -2.42. The van der Waals surface area contributed by atoms with Gasteiger partial charge in [-0.25, -0.2) is 0 Å². The van der Waals surface area contributed by atoms with Crippen LogP contribution in [0.3, 0.4) is 0 Å². The molecular formula is C14H31N3O. The minimum atomic E-state index is -0.674. The minimum absolute atomic E-state index is 0.359. The molecule has 0 bridgehead atoms. The molecule has 0 amide bonds. The van der Waals surface area contributed by atoms with Crippen LogP contribution in [0.15, 0.2) is 0 Å². The van der Waals surface area contributed by atoms with E-state index in [1.54, 1.807) is 0 Å². The predicted molar refractivity (Wildman–Crippen MR) is 76.7 cm³/mol. The SMILES string of the molecule is CN1CCC(N(C)CCCCC(C)(O)CN)CC1. The number of hydrogen-bond donors (Lipinski definition) is 2. The number of likely N-dealkylation sites (tertiary alicyclic amines) is 1. The molecule has 108 valence electrons. The second-order valence-corrected chi connectivity index (χ2v) is 6.17. The maximum Gasteiger partial charge on any atom is 0.0741 e. The summed E-state index contributed by atoms with van der Waals surface area (Å²) in [5, 5.41) is 9.82. The topological polar surface area (TPSA) is 52.7 Å². The van der Waals surface area contributed by atoms with Crippen molar-refractivity contribution in [2.24, 2.45) is 5.73 Å². The first-order valence-corrected chi connectivity index (χ1v) is 7.26. The van der Waals surface area contributed by atoms with Gasteiger partial charge in [0.25, 0.3) is 0 Å². The van der Waals surface area contributed by atoms with Gasteiger partial charge in [-0.2, -0.15) is 0 Å². The van der Waals surface area contributed by atoms with Crippen LogP contribution in [0.4, 0.5) is 0 Å². The predicted octanol–water partition coefficient (Wildman–Crippen LogP) is 0.892. The zero-order chi connectivity index (χ0) is 13.6. The molecule has 4 nitrogen and oxygen atoms in total. The molecule has 0 aromatic carbocycles. The summed E-state index contributed by atoms with van der Waals surface area (Å²) in [5.41, 5.74) is 4.84. The highest BCUT2D eigenvalue weighted by Crippen LogP contribution is 2.16. The molecule has 1 atom stereocenters. The lowest BCUT2D eigenvalue weighted by atomic mass is 9.99. The maximum atomic E-state index is 9.82. The van der Waals surface area contributed by atoms with E-state index in [0.717, 1.165) is 31.8 Å². The van der Waals surface area contributed by atoms with Gasteiger partial charge in [0.05, 0.1) is 5.60 Å². The van der Waals surface area contributed by atoms with Crippen molar-refractivity contribution in [3.63, 3.8) is 0 Å². The van der Waals surface area contributed by atoms with Gasteiger partial charge in [0.2, 0.25) is 0 Å². The Morgan fingerprint density at radius 2 is 1.94 bits per heavy atom. The van der Waals surface area contributed by atoms with Crippen LogP contribution in [0.2, 0.25) is 0 Å². The Balaban J connectivity index is 2.12. The first-order valence-electron chi connectivity index (χ1n) is 7.26. The summed E-state index contributed by atoms with van der Waals surface area (Å²) in [5.74, 6) is 0. The number of nitrogens with two attached hydrogens (primary N) is 1. The normalized spacial score (nSPS) is 22.3. The van der Waals surface area contributed by atoms with E-state index in [9.17, 15) is 5.11 Å². The second-order valence-electron chi connectivity index (χ2n) is 6.17. The molecule has 1 aliphatic rings. The quantitative estimate of drug-likeness (QED) is 0.665. The lowest BCUT2D eigenvalue weighted by Gasteiger charge is -2.35. The third-order valence-electron chi connectivity index (χ3n) is 4.23. The highest BCUT2D eigenvalue weighted by atomic mass is 16.3. The number of aliphatic hydroxyl groups is 1. The average molecular weight is 257 g/mol. The van der Waals surface area contributed by atoms with Crippen molar-refractivity contribution in [1.29, 1.82) is 0 Å². The van der Waals surface area contributed by atoms with Crippen molar-refractivity contribution in [3.8, 4) is 0 Å². The third kappa shape index (κ3) is 5.65. The molecule has 0 spiro atoms. The Morgan fingerprint density at radius 1 is 1.33 bits per heavy atom. The van der Waals surface area contributed by atoms with Gasteiger partial charge >= 0.3 is 0 Å². The number of nitrogens with zero attached hydrogens (tertiary/aromatic N) is 2. The lowest BCUT2D eigenvalue weighted by molar-refractivity contribution is 0.0556. The van der Waals surface area contributed by atoms with E-state index < -0.39 is 5.60 Å². The highest BCUT2D eigenvalue weighted by molar-refractivity contribution is 4.77.